The molecule has 0 fully saturated rings. The molecule has 2 N–H and O–H groups in total. The van der Waals surface area contributed by atoms with E-state index in [2.05, 4.69) is 47.3 Å². The zero-order valence-electron chi connectivity index (χ0n) is 13.5. The van der Waals surface area contributed by atoms with Crippen LogP contribution in [0.15, 0.2) is 24.3 Å². The monoisotopic (exact) mass is 311 g/mol. The molecule has 0 saturated carbocycles. The molecule has 2 aliphatic heterocycles. The summed E-state index contributed by atoms with van der Waals surface area (Å²) in [5, 5.41) is 2.96. The van der Waals surface area contributed by atoms with Crippen molar-refractivity contribution < 1.29 is 9.53 Å². The van der Waals surface area contributed by atoms with Crippen LogP contribution in [0.1, 0.15) is 53.1 Å². The van der Waals surface area contributed by atoms with Gasteiger partial charge in [0.2, 0.25) is 0 Å². The van der Waals surface area contributed by atoms with Crippen molar-refractivity contribution in [3.63, 3.8) is 0 Å². The highest BCUT2D eigenvalue weighted by molar-refractivity contribution is 5.94. The third-order valence-corrected chi connectivity index (χ3v) is 4.64. The molecule has 0 saturated heterocycles. The van der Waals surface area contributed by atoms with Crippen LogP contribution >= 0.6 is 0 Å². The topological polar surface area (TPSA) is 67.0 Å². The fraction of sp³-hybridized carbons (Fsp3) is 0.444. The number of fused-ring (bicyclic) bond motifs is 2. The lowest BCUT2D eigenvalue weighted by atomic mass is 9.88. The van der Waals surface area contributed by atoms with Crippen LogP contribution in [0, 0.1) is 5.41 Å². The Labute approximate surface area is 135 Å². The number of ether oxygens (including phenoxy) is 1. The summed E-state index contributed by atoms with van der Waals surface area (Å²) < 4.78 is 5.96. The maximum absolute atomic E-state index is 12.3. The average molecular weight is 311 g/mol. The van der Waals surface area contributed by atoms with Crippen molar-refractivity contribution in [2.24, 2.45) is 5.41 Å². The van der Waals surface area contributed by atoms with Gasteiger partial charge in [-0.25, -0.2) is 4.98 Å². The minimum Gasteiger partial charge on any atom is -0.365 e. The van der Waals surface area contributed by atoms with E-state index in [1.165, 1.54) is 5.56 Å². The van der Waals surface area contributed by atoms with Crippen molar-refractivity contribution >= 4 is 5.91 Å². The SMILES string of the molecule is CC1(C)CNC(=O)c2nc([C@@H]3OCCc4ccccc43)[nH]c2C1. The number of H-pyrrole nitrogens is 1. The number of aromatic amines is 1. The molecule has 23 heavy (non-hydrogen) atoms. The second kappa shape index (κ2) is 5.20. The van der Waals surface area contributed by atoms with Crippen molar-refractivity contribution in [2.75, 3.05) is 13.2 Å². The van der Waals surface area contributed by atoms with E-state index >= 15 is 0 Å². The predicted molar refractivity (Wildman–Crippen MR) is 86.3 cm³/mol. The summed E-state index contributed by atoms with van der Waals surface area (Å²) in [5.74, 6) is 0.632. The van der Waals surface area contributed by atoms with Crippen molar-refractivity contribution in [3.8, 4) is 0 Å². The van der Waals surface area contributed by atoms with Gasteiger partial charge in [-0.15, -0.1) is 0 Å². The van der Waals surface area contributed by atoms with Crippen molar-refractivity contribution in [1.29, 1.82) is 0 Å². The highest BCUT2D eigenvalue weighted by Crippen LogP contribution is 2.33. The first kappa shape index (κ1) is 14.5. The molecule has 3 heterocycles. The van der Waals surface area contributed by atoms with E-state index in [4.69, 9.17) is 4.74 Å². The predicted octanol–water partition coefficient (Wildman–Crippen LogP) is 2.38. The Balaban J connectivity index is 1.75. The molecule has 2 aliphatic rings. The van der Waals surface area contributed by atoms with Crippen molar-refractivity contribution in [3.05, 3.63) is 52.6 Å². The lowest BCUT2D eigenvalue weighted by molar-refractivity contribution is 0.0643. The summed E-state index contributed by atoms with van der Waals surface area (Å²) in [7, 11) is 0. The lowest BCUT2D eigenvalue weighted by Crippen LogP contribution is -2.32. The second-order valence-corrected chi connectivity index (χ2v) is 7.17. The number of amides is 1. The van der Waals surface area contributed by atoms with Crippen LogP contribution in [0.5, 0.6) is 0 Å². The van der Waals surface area contributed by atoms with E-state index in [1.54, 1.807) is 0 Å². The zero-order chi connectivity index (χ0) is 16.0. The highest BCUT2D eigenvalue weighted by atomic mass is 16.5. The van der Waals surface area contributed by atoms with Crippen LogP contribution in [0.2, 0.25) is 0 Å². The smallest absolute Gasteiger partial charge is 0.271 e. The van der Waals surface area contributed by atoms with Gasteiger partial charge in [-0.1, -0.05) is 38.1 Å². The average Bonchev–Trinajstić information content (AvgIpc) is 2.90. The minimum atomic E-state index is -0.220. The maximum atomic E-state index is 12.3. The standard InChI is InChI=1S/C18H21N3O2/c1-18(2)9-13-14(17(22)19-10-18)21-16(20-13)15-12-6-4-3-5-11(12)7-8-23-15/h3-6,15H,7-10H2,1-2H3,(H,19,22)(H,20,21)/t15-/m1/s1. The summed E-state index contributed by atoms with van der Waals surface area (Å²) in [6.45, 7) is 5.63. The molecular weight excluding hydrogens is 290 g/mol. The Hall–Kier alpha value is -2.14. The van der Waals surface area contributed by atoms with Crippen LogP contribution in [-0.2, 0) is 17.6 Å². The van der Waals surface area contributed by atoms with E-state index in [0.29, 0.717) is 18.8 Å². The van der Waals surface area contributed by atoms with E-state index in [9.17, 15) is 4.79 Å². The Kier molecular flexibility index (Phi) is 3.27. The molecule has 1 atom stereocenters. The maximum Gasteiger partial charge on any atom is 0.271 e. The molecule has 5 nitrogen and oxygen atoms in total. The Morgan fingerprint density at radius 2 is 2.13 bits per heavy atom. The molecule has 1 aromatic carbocycles. The number of imidazole rings is 1. The first-order valence-electron chi connectivity index (χ1n) is 8.10. The van der Waals surface area contributed by atoms with E-state index in [-0.39, 0.29) is 17.4 Å². The molecule has 4 rings (SSSR count). The van der Waals surface area contributed by atoms with Crippen molar-refractivity contribution in [2.45, 2.75) is 32.8 Å². The second-order valence-electron chi connectivity index (χ2n) is 7.17. The molecule has 1 aromatic heterocycles. The Morgan fingerprint density at radius 1 is 1.30 bits per heavy atom. The van der Waals surface area contributed by atoms with Gasteiger partial charge in [-0.05, 0) is 29.4 Å². The van der Waals surface area contributed by atoms with Crippen LogP contribution in [-0.4, -0.2) is 29.0 Å². The first-order chi connectivity index (χ1) is 11.0. The third kappa shape index (κ3) is 2.55. The van der Waals surface area contributed by atoms with E-state index in [1.807, 2.05) is 6.07 Å². The van der Waals surface area contributed by atoms with E-state index in [0.717, 1.165) is 29.9 Å². The van der Waals surface area contributed by atoms with Gasteiger partial charge in [0.1, 0.15) is 17.6 Å². The summed E-state index contributed by atoms with van der Waals surface area (Å²) in [5.41, 5.74) is 3.86. The molecule has 0 aliphatic carbocycles. The molecule has 0 bridgehead atoms. The Morgan fingerprint density at radius 3 is 3.00 bits per heavy atom. The first-order valence-corrected chi connectivity index (χ1v) is 8.10. The number of nitrogens with one attached hydrogen (secondary N) is 2. The number of carbonyl (C=O) groups is 1. The number of benzene rings is 1. The molecule has 2 aromatic rings. The minimum absolute atomic E-state index is 0.00996. The van der Waals surface area contributed by atoms with Crippen LogP contribution in [0.4, 0.5) is 0 Å². The highest BCUT2D eigenvalue weighted by Gasteiger charge is 2.32. The third-order valence-electron chi connectivity index (χ3n) is 4.64. The van der Waals surface area contributed by atoms with Gasteiger partial charge >= 0.3 is 0 Å². The molecule has 5 heteroatoms. The summed E-state index contributed by atoms with van der Waals surface area (Å²) in [6, 6.07) is 8.28. The van der Waals surface area contributed by atoms with Gasteiger partial charge in [0, 0.05) is 12.2 Å². The molecule has 0 unspecified atom stereocenters. The molecule has 0 spiro atoms. The summed E-state index contributed by atoms with van der Waals surface area (Å²) >= 11 is 0. The summed E-state index contributed by atoms with van der Waals surface area (Å²) in [6.07, 6.45) is 1.49. The van der Waals surface area contributed by atoms with Crippen LogP contribution in [0.3, 0.4) is 0 Å². The molecular formula is C18H21N3O2. The van der Waals surface area contributed by atoms with Gasteiger partial charge in [-0.3, -0.25) is 4.79 Å². The number of nitrogens with zero attached hydrogens (tertiary/aromatic N) is 1. The number of rotatable bonds is 1. The molecule has 0 radical (unpaired) electrons. The van der Waals surface area contributed by atoms with Crippen LogP contribution in [0.25, 0.3) is 0 Å². The van der Waals surface area contributed by atoms with Crippen molar-refractivity contribution in [1.82, 2.24) is 15.3 Å². The van der Waals surface area contributed by atoms with Gasteiger partial charge in [-0.2, -0.15) is 0 Å². The van der Waals surface area contributed by atoms with E-state index < -0.39 is 0 Å². The van der Waals surface area contributed by atoms with Gasteiger partial charge in [0.15, 0.2) is 0 Å². The van der Waals surface area contributed by atoms with Gasteiger partial charge in [0.05, 0.1) is 6.61 Å². The fourth-order valence-corrected chi connectivity index (χ4v) is 3.43. The Bertz CT molecular complexity index is 763. The largest absolute Gasteiger partial charge is 0.365 e. The van der Waals surface area contributed by atoms with Crippen LogP contribution < -0.4 is 5.32 Å². The fourth-order valence-electron chi connectivity index (χ4n) is 3.43. The lowest BCUT2D eigenvalue weighted by Gasteiger charge is -2.25. The number of carbonyl (C=O) groups excluding carboxylic acids is 1. The normalized spacial score (nSPS) is 22.7. The van der Waals surface area contributed by atoms with Gasteiger partial charge in [0.25, 0.3) is 5.91 Å². The summed E-state index contributed by atoms with van der Waals surface area (Å²) in [4.78, 5) is 20.3. The molecule has 120 valence electrons. The quantitative estimate of drug-likeness (QED) is 0.850. The number of hydrogen-bond donors (Lipinski definition) is 2. The number of aromatic nitrogens is 2. The number of hydrogen-bond acceptors (Lipinski definition) is 3. The zero-order valence-corrected chi connectivity index (χ0v) is 13.5. The van der Waals surface area contributed by atoms with Gasteiger partial charge < -0.3 is 15.0 Å². The molecule has 1 amide bonds.